The summed E-state index contributed by atoms with van der Waals surface area (Å²) in [5, 5.41) is 13.5. The number of hydrogen-bond donors (Lipinski definition) is 1. The quantitative estimate of drug-likeness (QED) is 0.905. The Hall–Kier alpha value is -2.44. The normalized spacial score (nSPS) is 22.0. The number of carboxylic acid groups (broad SMARTS) is 1. The van der Waals surface area contributed by atoms with Crippen molar-refractivity contribution in [3.63, 3.8) is 0 Å². The molecule has 7 nitrogen and oxygen atoms in total. The van der Waals surface area contributed by atoms with E-state index < -0.39 is 12.0 Å². The predicted octanol–water partition coefficient (Wildman–Crippen LogP) is 1.36. The first-order valence-corrected chi connectivity index (χ1v) is 7.32. The highest BCUT2D eigenvalue weighted by Crippen LogP contribution is 2.25. The third-order valence-electron chi connectivity index (χ3n) is 4.15. The molecule has 1 aliphatic heterocycles. The minimum Gasteiger partial charge on any atom is -0.480 e. The molecule has 116 valence electrons. The summed E-state index contributed by atoms with van der Waals surface area (Å²) in [5.74, 6) is -0.970. The molecule has 22 heavy (non-hydrogen) atoms. The van der Waals surface area contributed by atoms with Gasteiger partial charge < -0.3 is 10.0 Å². The zero-order valence-corrected chi connectivity index (χ0v) is 12.6. The predicted molar refractivity (Wildman–Crippen MR) is 78.6 cm³/mol. The van der Waals surface area contributed by atoms with Crippen LogP contribution in [0.4, 0.5) is 0 Å². The molecule has 1 N–H and O–H groups in total. The maximum atomic E-state index is 12.8. The minimum absolute atomic E-state index is 0.300. The lowest BCUT2D eigenvalue weighted by atomic mass is 9.92. The van der Waals surface area contributed by atoms with Crippen LogP contribution < -0.4 is 0 Å². The van der Waals surface area contributed by atoms with Crippen molar-refractivity contribution in [2.45, 2.75) is 32.7 Å². The molecule has 0 aliphatic carbocycles. The van der Waals surface area contributed by atoms with E-state index in [4.69, 9.17) is 0 Å². The SMILES string of the molecule is Cc1ccn2ncc(C(=O)N3CCC(C)CC3C(=O)O)c2n1. The molecule has 2 atom stereocenters. The molecule has 7 heteroatoms. The van der Waals surface area contributed by atoms with Crippen molar-refractivity contribution in [1.82, 2.24) is 19.5 Å². The smallest absolute Gasteiger partial charge is 0.326 e. The summed E-state index contributed by atoms with van der Waals surface area (Å²) in [4.78, 5) is 30.0. The topological polar surface area (TPSA) is 87.8 Å². The van der Waals surface area contributed by atoms with Gasteiger partial charge in [-0.3, -0.25) is 4.79 Å². The summed E-state index contributed by atoms with van der Waals surface area (Å²) in [5.41, 5.74) is 1.60. The first kappa shape index (κ1) is 14.5. The minimum atomic E-state index is -0.958. The highest BCUT2D eigenvalue weighted by molar-refractivity contribution is 6.01. The fourth-order valence-electron chi connectivity index (χ4n) is 2.88. The molecule has 2 aromatic heterocycles. The largest absolute Gasteiger partial charge is 0.480 e. The number of aliphatic carboxylic acids is 1. The molecule has 2 aromatic rings. The Labute approximate surface area is 127 Å². The second kappa shape index (κ2) is 5.40. The number of carbonyl (C=O) groups excluding carboxylic acids is 1. The van der Waals surface area contributed by atoms with Crippen LogP contribution >= 0.6 is 0 Å². The van der Waals surface area contributed by atoms with Gasteiger partial charge in [0.15, 0.2) is 5.65 Å². The fraction of sp³-hybridized carbons (Fsp3) is 0.467. The Balaban J connectivity index is 1.97. The number of nitrogens with zero attached hydrogens (tertiary/aromatic N) is 4. The average molecular weight is 302 g/mol. The van der Waals surface area contributed by atoms with Gasteiger partial charge in [-0.15, -0.1) is 0 Å². The van der Waals surface area contributed by atoms with E-state index in [-0.39, 0.29) is 5.91 Å². The Bertz CT molecular complexity index is 739. The van der Waals surface area contributed by atoms with Crippen LogP contribution in [-0.2, 0) is 4.79 Å². The van der Waals surface area contributed by atoms with Crippen LogP contribution in [0.3, 0.4) is 0 Å². The number of hydrogen-bond acceptors (Lipinski definition) is 4. The van der Waals surface area contributed by atoms with Crippen molar-refractivity contribution in [1.29, 1.82) is 0 Å². The molecule has 0 saturated carbocycles. The van der Waals surface area contributed by atoms with E-state index in [2.05, 4.69) is 10.1 Å². The standard InChI is InChI=1S/C15H18N4O3/c1-9-3-5-18(12(7-9)15(21)22)14(20)11-8-16-19-6-4-10(2)17-13(11)19/h4,6,8-9,12H,3,5,7H2,1-2H3,(H,21,22). The van der Waals surface area contributed by atoms with Gasteiger partial charge in [0.2, 0.25) is 0 Å². The van der Waals surface area contributed by atoms with E-state index in [1.165, 1.54) is 15.6 Å². The second-order valence-electron chi connectivity index (χ2n) is 5.88. The van der Waals surface area contributed by atoms with E-state index >= 15 is 0 Å². The highest BCUT2D eigenvalue weighted by atomic mass is 16.4. The van der Waals surface area contributed by atoms with E-state index in [0.717, 1.165) is 12.1 Å². The highest BCUT2D eigenvalue weighted by Gasteiger charge is 2.36. The van der Waals surface area contributed by atoms with Crippen LogP contribution in [-0.4, -0.2) is 49.1 Å². The van der Waals surface area contributed by atoms with Gasteiger partial charge in [-0.05, 0) is 31.7 Å². The summed E-state index contributed by atoms with van der Waals surface area (Å²) in [7, 11) is 0. The molecule has 3 rings (SSSR count). The van der Waals surface area contributed by atoms with E-state index in [1.807, 2.05) is 13.8 Å². The van der Waals surface area contributed by atoms with Crippen molar-refractivity contribution in [2.75, 3.05) is 6.54 Å². The number of carbonyl (C=O) groups is 2. The molecule has 1 saturated heterocycles. The number of fused-ring (bicyclic) bond motifs is 1. The monoisotopic (exact) mass is 302 g/mol. The zero-order chi connectivity index (χ0) is 15.9. The molecular formula is C15H18N4O3. The van der Waals surface area contributed by atoms with Gasteiger partial charge in [0.05, 0.1) is 6.20 Å². The Morgan fingerprint density at radius 1 is 1.41 bits per heavy atom. The molecule has 1 aliphatic rings. The Kier molecular flexibility index (Phi) is 3.56. The maximum Gasteiger partial charge on any atom is 0.326 e. The van der Waals surface area contributed by atoms with Crippen LogP contribution in [0.2, 0.25) is 0 Å². The summed E-state index contributed by atoms with van der Waals surface area (Å²) in [6.45, 7) is 4.29. The van der Waals surface area contributed by atoms with E-state index in [1.54, 1.807) is 12.3 Å². The van der Waals surface area contributed by atoms with Crippen molar-refractivity contribution >= 4 is 17.5 Å². The lowest BCUT2D eigenvalue weighted by Crippen LogP contribution is -2.49. The summed E-state index contributed by atoms with van der Waals surface area (Å²) >= 11 is 0. The zero-order valence-electron chi connectivity index (χ0n) is 12.6. The number of aromatic nitrogens is 3. The van der Waals surface area contributed by atoms with Crippen LogP contribution in [0.15, 0.2) is 18.5 Å². The number of piperidine rings is 1. The molecule has 0 spiro atoms. The Morgan fingerprint density at radius 2 is 2.18 bits per heavy atom. The molecule has 1 amide bonds. The summed E-state index contributed by atoms with van der Waals surface area (Å²) < 4.78 is 1.53. The van der Waals surface area contributed by atoms with Gasteiger partial charge in [-0.1, -0.05) is 6.92 Å². The summed E-state index contributed by atoms with van der Waals surface area (Å²) in [6.07, 6.45) is 4.48. The average Bonchev–Trinajstić information content (AvgIpc) is 2.89. The number of likely N-dealkylation sites (tertiary alicyclic amines) is 1. The number of rotatable bonds is 2. The molecule has 2 unspecified atom stereocenters. The first-order valence-electron chi connectivity index (χ1n) is 7.32. The van der Waals surface area contributed by atoms with Crippen LogP contribution in [0, 0.1) is 12.8 Å². The van der Waals surface area contributed by atoms with Gasteiger partial charge in [0.25, 0.3) is 5.91 Å². The second-order valence-corrected chi connectivity index (χ2v) is 5.88. The third-order valence-corrected chi connectivity index (χ3v) is 4.15. The lowest BCUT2D eigenvalue weighted by molar-refractivity contribution is -0.144. The van der Waals surface area contributed by atoms with Crippen molar-refractivity contribution in [2.24, 2.45) is 5.92 Å². The molecule has 3 heterocycles. The molecule has 0 aromatic carbocycles. The fourth-order valence-corrected chi connectivity index (χ4v) is 2.88. The summed E-state index contributed by atoms with van der Waals surface area (Å²) in [6, 6.07) is 1.02. The maximum absolute atomic E-state index is 12.8. The third kappa shape index (κ3) is 2.43. The van der Waals surface area contributed by atoms with Crippen LogP contribution in [0.25, 0.3) is 5.65 Å². The van der Waals surface area contributed by atoms with Gasteiger partial charge in [0, 0.05) is 18.4 Å². The Morgan fingerprint density at radius 3 is 2.91 bits per heavy atom. The molecule has 1 fully saturated rings. The lowest BCUT2D eigenvalue weighted by Gasteiger charge is -2.35. The van der Waals surface area contributed by atoms with Crippen molar-refractivity contribution < 1.29 is 14.7 Å². The molecular weight excluding hydrogens is 284 g/mol. The first-order chi connectivity index (χ1) is 10.5. The van der Waals surface area contributed by atoms with Crippen molar-refractivity contribution in [3.8, 4) is 0 Å². The van der Waals surface area contributed by atoms with Gasteiger partial charge >= 0.3 is 5.97 Å². The van der Waals surface area contributed by atoms with Gasteiger partial charge in [-0.2, -0.15) is 5.10 Å². The van der Waals surface area contributed by atoms with Crippen molar-refractivity contribution in [3.05, 3.63) is 29.7 Å². The molecule has 0 bridgehead atoms. The van der Waals surface area contributed by atoms with E-state index in [0.29, 0.717) is 30.1 Å². The number of amides is 1. The van der Waals surface area contributed by atoms with E-state index in [9.17, 15) is 14.7 Å². The van der Waals surface area contributed by atoms with Crippen LogP contribution in [0.5, 0.6) is 0 Å². The van der Waals surface area contributed by atoms with Gasteiger partial charge in [-0.25, -0.2) is 14.3 Å². The number of aryl methyl sites for hydroxylation is 1. The number of carboxylic acids is 1. The molecule has 0 radical (unpaired) electrons. The van der Waals surface area contributed by atoms with Crippen LogP contribution in [0.1, 0.15) is 35.8 Å². The van der Waals surface area contributed by atoms with Gasteiger partial charge in [0.1, 0.15) is 11.6 Å².